The summed E-state index contributed by atoms with van der Waals surface area (Å²) in [5.41, 5.74) is 1.73. The topological polar surface area (TPSA) is 65.5 Å². The fourth-order valence-electron chi connectivity index (χ4n) is 0.938. The molecule has 6 heteroatoms. The lowest BCUT2D eigenvalue weighted by molar-refractivity contribution is -0.134. The van der Waals surface area contributed by atoms with Crippen LogP contribution in [0.3, 0.4) is 0 Å². The minimum absolute atomic E-state index is 0.215. The fourth-order valence-corrected chi connectivity index (χ4v) is 1.60. The Morgan fingerprint density at radius 2 is 2.31 bits per heavy atom. The number of methoxy groups -OCH3 is 1. The Morgan fingerprint density at radius 3 is 2.94 bits per heavy atom. The highest BCUT2D eigenvalue weighted by atomic mass is 32.1. The van der Waals surface area contributed by atoms with Gasteiger partial charge in [0.2, 0.25) is 0 Å². The largest absolute Gasteiger partial charge is 0.466 e. The van der Waals surface area contributed by atoms with Crippen molar-refractivity contribution in [3.05, 3.63) is 22.2 Å². The van der Waals surface area contributed by atoms with Gasteiger partial charge in [0.15, 0.2) is 5.69 Å². The van der Waals surface area contributed by atoms with Crippen molar-refractivity contribution < 1.29 is 19.1 Å². The summed E-state index contributed by atoms with van der Waals surface area (Å²) in [6.45, 7) is 2.00. The molecule has 0 saturated heterocycles. The number of carbonyl (C=O) groups excluding carboxylic acids is 2. The molecule has 1 heterocycles. The maximum Gasteiger partial charge on any atom is 0.358 e. The van der Waals surface area contributed by atoms with Gasteiger partial charge in [-0.25, -0.2) is 14.6 Å². The zero-order valence-electron chi connectivity index (χ0n) is 8.93. The molecule has 0 unspecified atom stereocenters. The lowest BCUT2D eigenvalue weighted by atomic mass is 10.3. The Bertz CT molecular complexity index is 411. The Balaban J connectivity index is 2.82. The number of rotatable bonds is 4. The maximum atomic E-state index is 11.4. The summed E-state index contributed by atoms with van der Waals surface area (Å²) in [4.78, 5) is 26.7. The zero-order valence-corrected chi connectivity index (χ0v) is 9.74. The van der Waals surface area contributed by atoms with Crippen LogP contribution in [-0.4, -0.2) is 30.6 Å². The second-order valence-corrected chi connectivity index (χ2v) is 3.53. The van der Waals surface area contributed by atoms with Crippen LogP contribution in [0.25, 0.3) is 6.08 Å². The number of carbonyl (C=O) groups is 2. The van der Waals surface area contributed by atoms with Crippen molar-refractivity contribution in [1.82, 2.24) is 4.98 Å². The van der Waals surface area contributed by atoms with Gasteiger partial charge in [-0.2, -0.15) is 0 Å². The summed E-state index contributed by atoms with van der Waals surface area (Å²) < 4.78 is 9.25. The second-order valence-electron chi connectivity index (χ2n) is 2.64. The number of hydrogen-bond acceptors (Lipinski definition) is 6. The first-order valence-electron chi connectivity index (χ1n) is 4.55. The lowest BCUT2D eigenvalue weighted by Gasteiger charge is -1.98. The highest BCUT2D eigenvalue weighted by Crippen LogP contribution is 2.16. The third-order valence-corrected chi connectivity index (χ3v) is 2.43. The molecule has 0 aliphatic rings. The van der Waals surface area contributed by atoms with E-state index in [9.17, 15) is 9.59 Å². The molecule has 1 aromatic rings. The number of aromatic nitrogens is 1. The summed E-state index contributed by atoms with van der Waals surface area (Å²) in [5, 5.41) is 0. The molecule has 0 saturated carbocycles. The lowest BCUT2D eigenvalue weighted by Crippen LogP contribution is -2.06. The molecule has 0 aromatic carbocycles. The van der Waals surface area contributed by atoms with Crippen LogP contribution in [0.4, 0.5) is 0 Å². The smallest absolute Gasteiger partial charge is 0.358 e. The van der Waals surface area contributed by atoms with E-state index in [0.29, 0.717) is 4.88 Å². The monoisotopic (exact) mass is 241 g/mol. The normalized spacial score (nSPS) is 10.4. The van der Waals surface area contributed by atoms with Gasteiger partial charge >= 0.3 is 11.9 Å². The molecule has 1 rings (SSSR count). The van der Waals surface area contributed by atoms with Crippen molar-refractivity contribution in [2.75, 3.05) is 13.7 Å². The summed E-state index contributed by atoms with van der Waals surface area (Å²) in [6.07, 6.45) is 2.71. The molecule has 0 bridgehead atoms. The SMILES string of the molecule is CCOC(=O)c1ncsc1C=CC(=O)OC. The quantitative estimate of drug-likeness (QED) is 0.590. The number of nitrogens with zero attached hydrogens (tertiary/aromatic N) is 1. The molecule has 0 aliphatic carbocycles. The van der Waals surface area contributed by atoms with E-state index in [0.717, 1.165) is 0 Å². The molecule has 0 N–H and O–H groups in total. The van der Waals surface area contributed by atoms with Crippen LogP contribution in [-0.2, 0) is 14.3 Å². The molecule has 0 fully saturated rings. The molecule has 5 nitrogen and oxygen atoms in total. The van der Waals surface area contributed by atoms with Gasteiger partial charge in [-0.1, -0.05) is 0 Å². The number of thiazole rings is 1. The van der Waals surface area contributed by atoms with Crippen LogP contribution in [0.15, 0.2) is 11.6 Å². The van der Waals surface area contributed by atoms with Gasteiger partial charge in [0.25, 0.3) is 0 Å². The van der Waals surface area contributed by atoms with E-state index in [1.807, 2.05) is 0 Å². The Kier molecular flexibility index (Phi) is 4.65. The average molecular weight is 241 g/mol. The van der Waals surface area contributed by atoms with Crippen LogP contribution in [0, 0.1) is 0 Å². The number of esters is 2. The standard InChI is InChI=1S/C10H11NO4S/c1-3-15-10(13)9-7(16-6-11-9)4-5-8(12)14-2/h4-6H,3H2,1-2H3. The maximum absolute atomic E-state index is 11.4. The van der Waals surface area contributed by atoms with Crippen LogP contribution in [0.5, 0.6) is 0 Å². The van der Waals surface area contributed by atoms with E-state index in [1.165, 1.54) is 36.1 Å². The van der Waals surface area contributed by atoms with Gasteiger partial charge in [0, 0.05) is 6.08 Å². The first kappa shape index (κ1) is 12.4. The van der Waals surface area contributed by atoms with E-state index in [1.54, 1.807) is 6.92 Å². The van der Waals surface area contributed by atoms with Crippen LogP contribution >= 0.6 is 11.3 Å². The van der Waals surface area contributed by atoms with Gasteiger partial charge in [-0.05, 0) is 13.0 Å². The van der Waals surface area contributed by atoms with E-state index in [4.69, 9.17) is 4.74 Å². The van der Waals surface area contributed by atoms with Crippen LogP contribution in [0.1, 0.15) is 22.3 Å². The van der Waals surface area contributed by atoms with Crippen molar-refractivity contribution in [3.63, 3.8) is 0 Å². The van der Waals surface area contributed by atoms with Crippen molar-refractivity contribution in [2.24, 2.45) is 0 Å². The molecule has 0 spiro atoms. The van der Waals surface area contributed by atoms with Gasteiger partial charge in [0.05, 0.1) is 24.1 Å². The minimum Gasteiger partial charge on any atom is -0.466 e. The molecule has 0 radical (unpaired) electrons. The molecular weight excluding hydrogens is 230 g/mol. The summed E-state index contributed by atoms with van der Waals surface area (Å²) in [5.74, 6) is -0.975. The average Bonchev–Trinajstić information content (AvgIpc) is 2.74. The molecule has 16 heavy (non-hydrogen) atoms. The highest BCUT2D eigenvalue weighted by molar-refractivity contribution is 7.10. The predicted octanol–water partition coefficient (Wildman–Crippen LogP) is 1.51. The zero-order chi connectivity index (χ0) is 12.0. The van der Waals surface area contributed by atoms with Crippen molar-refractivity contribution in [3.8, 4) is 0 Å². The first-order valence-corrected chi connectivity index (χ1v) is 5.43. The second kappa shape index (κ2) is 6.02. The van der Waals surface area contributed by atoms with Crippen molar-refractivity contribution >= 4 is 29.4 Å². The Morgan fingerprint density at radius 1 is 1.56 bits per heavy atom. The highest BCUT2D eigenvalue weighted by Gasteiger charge is 2.14. The predicted molar refractivity (Wildman–Crippen MR) is 59.1 cm³/mol. The van der Waals surface area contributed by atoms with Crippen LogP contribution < -0.4 is 0 Å². The summed E-state index contributed by atoms with van der Waals surface area (Å²) in [7, 11) is 1.28. The molecular formula is C10H11NO4S. The Hall–Kier alpha value is -1.69. The van der Waals surface area contributed by atoms with E-state index < -0.39 is 11.9 Å². The van der Waals surface area contributed by atoms with E-state index >= 15 is 0 Å². The fraction of sp³-hybridized carbons (Fsp3) is 0.300. The van der Waals surface area contributed by atoms with Gasteiger partial charge < -0.3 is 9.47 Å². The Labute approximate surface area is 96.7 Å². The van der Waals surface area contributed by atoms with Crippen molar-refractivity contribution in [1.29, 1.82) is 0 Å². The van der Waals surface area contributed by atoms with Gasteiger partial charge in [-0.3, -0.25) is 0 Å². The molecule has 0 amide bonds. The number of hydrogen-bond donors (Lipinski definition) is 0. The summed E-state index contributed by atoms with van der Waals surface area (Å²) in [6, 6.07) is 0. The van der Waals surface area contributed by atoms with Crippen LogP contribution in [0.2, 0.25) is 0 Å². The first-order chi connectivity index (χ1) is 7.69. The third kappa shape index (κ3) is 3.16. The molecule has 1 aromatic heterocycles. The van der Waals surface area contributed by atoms with Gasteiger partial charge in [-0.15, -0.1) is 11.3 Å². The van der Waals surface area contributed by atoms with E-state index in [2.05, 4.69) is 9.72 Å². The van der Waals surface area contributed by atoms with Crippen molar-refractivity contribution in [2.45, 2.75) is 6.92 Å². The number of ether oxygens (including phenoxy) is 2. The molecule has 0 atom stereocenters. The summed E-state index contributed by atoms with van der Waals surface area (Å²) >= 11 is 1.25. The molecule has 86 valence electrons. The third-order valence-electron chi connectivity index (χ3n) is 1.64. The molecule has 0 aliphatic heterocycles. The van der Waals surface area contributed by atoms with E-state index in [-0.39, 0.29) is 12.3 Å². The minimum atomic E-state index is -0.492. The van der Waals surface area contributed by atoms with Gasteiger partial charge in [0.1, 0.15) is 0 Å².